The number of hydrogen-bond donors (Lipinski definition) is 2. The number of halogens is 3. The van der Waals surface area contributed by atoms with Gasteiger partial charge in [0.25, 0.3) is 0 Å². The quantitative estimate of drug-likeness (QED) is 0.710. The van der Waals surface area contributed by atoms with Crippen LogP contribution < -0.4 is 10.6 Å². The Morgan fingerprint density at radius 1 is 1.07 bits per heavy atom. The molecular formula is C20H19F3N4O. The fourth-order valence-electron chi connectivity index (χ4n) is 3.10. The van der Waals surface area contributed by atoms with Gasteiger partial charge in [-0.05, 0) is 29.8 Å². The summed E-state index contributed by atoms with van der Waals surface area (Å²) in [5.74, 6) is 1.22. The van der Waals surface area contributed by atoms with Crippen LogP contribution in [0, 0.1) is 0 Å². The molecule has 2 aromatic carbocycles. The van der Waals surface area contributed by atoms with Crippen molar-refractivity contribution in [3.63, 3.8) is 0 Å². The van der Waals surface area contributed by atoms with E-state index in [-0.39, 0.29) is 6.10 Å². The maximum absolute atomic E-state index is 12.7. The van der Waals surface area contributed by atoms with Crippen LogP contribution in [0.3, 0.4) is 0 Å². The van der Waals surface area contributed by atoms with E-state index in [1.807, 2.05) is 24.3 Å². The van der Waals surface area contributed by atoms with E-state index in [2.05, 4.69) is 20.6 Å². The molecular weight excluding hydrogens is 369 g/mol. The van der Waals surface area contributed by atoms with Gasteiger partial charge in [0.15, 0.2) is 5.82 Å². The minimum Gasteiger partial charge on any atom is -0.368 e. The fourth-order valence-corrected chi connectivity index (χ4v) is 3.10. The number of nitrogens with one attached hydrogen (secondary N) is 2. The lowest BCUT2D eigenvalue weighted by atomic mass is 10.1. The van der Waals surface area contributed by atoms with E-state index in [9.17, 15) is 13.2 Å². The van der Waals surface area contributed by atoms with Crippen molar-refractivity contribution in [1.82, 2.24) is 15.3 Å². The lowest BCUT2D eigenvalue weighted by molar-refractivity contribution is -0.137. The number of aromatic nitrogens is 2. The molecule has 1 aliphatic rings. The van der Waals surface area contributed by atoms with Crippen LogP contribution in [0.4, 0.5) is 19.0 Å². The molecule has 1 aliphatic heterocycles. The SMILES string of the molecule is FC(F)(F)c1ccc(CNc2nc(C3CNCCO3)nc3ccccc23)cc1. The summed E-state index contributed by atoms with van der Waals surface area (Å²) in [5, 5.41) is 7.34. The third-order valence-corrected chi connectivity index (χ3v) is 4.58. The van der Waals surface area contributed by atoms with E-state index in [4.69, 9.17) is 4.74 Å². The molecule has 2 N–H and O–H groups in total. The summed E-state index contributed by atoms with van der Waals surface area (Å²) in [7, 11) is 0. The van der Waals surface area contributed by atoms with Crippen LogP contribution in [0.1, 0.15) is 23.1 Å². The molecule has 146 valence electrons. The molecule has 1 atom stereocenters. The van der Waals surface area contributed by atoms with E-state index in [0.717, 1.165) is 35.1 Å². The highest BCUT2D eigenvalue weighted by molar-refractivity contribution is 5.89. The van der Waals surface area contributed by atoms with Crippen molar-refractivity contribution < 1.29 is 17.9 Å². The van der Waals surface area contributed by atoms with Crippen molar-refractivity contribution in [3.8, 4) is 0 Å². The van der Waals surface area contributed by atoms with Crippen molar-refractivity contribution >= 4 is 16.7 Å². The smallest absolute Gasteiger partial charge is 0.368 e. The molecule has 1 fully saturated rings. The van der Waals surface area contributed by atoms with Crippen LogP contribution in [0.15, 0.2) is 48.5 Å². The summed E-state index contributed by atoms with van der Waals surface area (Å²) < 4.78 is 43.9. The average Bonchev–Trinajstić information content (AvgIpc) is 2.72. The second-order valence-corrected chi connectivity index (χ2v) is 6.56. The molecule has 1 unspecified atom stereocenters. The van der Waals surface area contributed by atoms with Crippen molar-refractivity contribution in [2.45, 2.75) is 18.8 Å². The first-order valence-corrected chi connectivity index (χ1v) is 9.00. The van der Waals surface area contributed by atoms with Crippen molar-refractivity contribution in [1.29, 1.82) is 0 Å². The van der Waals surface area contributed by atoms with Crippen molar-refractivity contribution in [2.24, 2.45) is 0 Å². The van der Waals surface area contributed by atoms with Crippen LogP contribution >= 0.6 is 0 Å². The van der Waals surface area contributed by atoms with E-state index in [1.165, 1.54) is 12.1 Å². The molecule has 2 heterocycles. The number of para-hydroxylation sites is 1. The molecule has 1 aromatic heterocycles. The summed E-state index contributed by atoms with van der Waals surface area (Å²) in [6.45, 7) is 2.37. The highest BCUT2D eigenvalue weighted by Crippen LogP contribution is 2.29. The van der Waals surface area contributed by atoms with E-state index in [0.29, 0.717) is 31.3 Å². The van der Waals surface area contributed by atoms with Gasteiger partial charge in [0.2, 0.25) is 0 Å². The topological polar surface area (TPSA) is 59.1 Å². The second kappa shape index (κ2) is 7.73. The number of alkyl halides is 3. The van der Waals surface area contributed by atoms with Gasteiger partial charge in [0.05, 0.1) is 17.7 Å². The van der Waals surface area contributed by atoms with E-state index in [1.54, 1.807) is 0 Å². The van der Waals surface area contributed by atoms with Gasteiger partial charge in [-0.15, -0.1) is 0 Å². The molecule has 0 saturated carbocycles. The van der Waals surface area contributed by atoms with E-state index < -0.39 is 11.7 Å². The summed E-state index contributed by atoms with van der Waals surface area (Å²) >= 11 is 0. The summed E-state index contributed by atoms with van der Waals surface area (Å²) in [6.07, 6.45) is -4.57. The van der Waals surface area contributed by atoms with Gasteiger partial charge in [0, 0.05) is 25.0 Å². The molecule has 0 amide bonds. The second-order valence-electron chi connectivity index (χ2n) is 6.56. The Kier molecular flexibility index (Phi) is 5.15. The Balaban J connectivity index is 1.58. The Morgan fingerprint density at radius 3 is 2.57 bits per heavy atom. The molecule has 8 heteroatoms. The summed E-state index contributed by atoms with van der Waals surface area (Å²) in [4.78, 5) is 9.24. The molecule has 5 nitrogen and oxygen atoms in total. The van der Waals surface area contributed by atoms with Gasteiger partial charge < -0.3 is 15.4 Å². The lowest BCUT2D eigenvalue weighted by Gasteiger charge is -2.23. The molecule has 3 aromatic rings. The fraction of sp³-hybridized carbons (Fsp3) is 0.300. The van der Waals surface area contributed by atoms with Crippen LogP contribution in [0.2, 0.25) is 0 Å². The average molecular weight is 388 g/mol. The number of morpholine rings is 1. The highest BCUT2D eigenvalue weighted by Gasteiger charge is 2.29. The predicted molar refractivity (Wildman–Crippen MR) is 99.9 cm³/mol. The minimum atomic E-state index is -4.34. The van der Waals surface area contributed by atoms with Gasteiger partial charge in [0.1, 0.15) is 11.9 Å². The maximum atomic E-state index is 12.7. The molecule has 4 rings (SSSR count). The third-order valence-electron chi connectivity index (χ3n) is 4.58. The van der Waals surface area contributed by atoms with Crippen LogP contribution in [0.5, 0.6) is 0 Å². The Hall–Kier alpha value is -2.71. The monoisotopic (exact) mass is 388 g/mol. The first-order valence-electron chi connectivity index (χ1n) is 9.00. The van der Waals surface area contributed by atoms with Gasteiger partial charge in [-0.1, -0.05) is 24.3 Å². The minimum absolute atomic E-state index is 0.232. The zero-order chi connectivity index (χ0) is 19.6. The number of nitrogens with zero attached hydrogens (tertiary/aromatic N) is 2. The Bertz CT molecular complexity index is 954. The van der Waals surface area contributed by atoms with Crippen LogP contribution in [-0.2, 0) is 17.5 Å². The normalized spacial score (nSPS) is 17.6. The van der Waals surface area contributed by atoms with Crippen LogP contribution in [0.25, 0.3) is 10.9 Å². The van der Waals surface area contributed by atoms with E-state index >= 15 is 0 Å². The third kappa shape index (κ3) is 4.07. The molecule has 28 heavy (non-hydrogen) atoms. The Labute approximate surface area is 160 Å². The first kappa shape index (κ1) is 18.6. The number of anilines is 1. The Morgan fingerprint density at radius 2 is 1.86 bits per heavy atom. The highest BCUT2D eigenvalue weighted by atomic mass is 19.4. The van der Waals surface area contributed by atoms with Crippen LogP contribution in [-0.4, -0.2) is 29.7 Å². The molecule has 0 bridgehead atoms. The number of hydrogen-bond acceptors (Lipinski definition) is 5. The van der Waals surface area contributed by atoms with Crippen molar-refractivity contribution in [2.75, 3.05) is 25.0 Å². The molecule has 0 aliphatic carbocycles. The van der Waals surface area contributed by atoms with Gasteiger partial charge in [-0.3, -0.25) is 0 Å². The zero-order valence-corrected chi connectivity index (χ0v) is 15.0. The largest absolute Gasteiger partial charge is 0.416 e. The van der Waals surface area contributed by atoms with Gasteiger partial charge >= 0.3 is 6.18 Å². The van der Waals surface area contributed by atoms with Gasteiger partial charge in [-0.2, -0.15) is 13.2 Å². The summed E-state index contributed by atoms with van der Waals surface area (Å²) in [5.41, 5.74) is 0.859. The molecule has 0 radical (unpaired) electrons. The maximum Gasteiger partial charge on any atom is 0.416 e. The first-order chi connectivity index (χ1) is 13.5. The molecule has 1 saturated heterocycles. The number of fused-ring (bicyclic) bond motifs is 1. The number of rotatable bonds is 4. The molecule has 0 spiro atoms. The standard InChI is InChI=1S/C20H19F3N4O/c21-20(22,23)14-7-5-13(6-8-14)11-25-18-15-3-1-2-4-16(15)26-19(27-18)17-12-24-9-10-28-17/h1-8,17,24H,9-12H2,(H,25,26,27). The lowest BCUT2D eigenvalue weighted by Crippen LogP contribution is -2.34. The predicted octanol–water partition coefficient (Wildman–Crippen LogP) is 3.92. The number of benzene rings is 2. The summed E-state index contributed by atoms with van der Waals surface area (Å²) in [6, 6.07) is 12.7. The number of ether oxygens (including phenoxy) is 1. The van der Waals surface area contributed by atoms with Gasteiger partial charge in [-0.25, -0.2) is 9.97 Å². The zero-order valence-electron chi connectivity index (χ0n) is 15.0. The van der Waals surface area contributed by atoms with Crippen molar-refractivity contribution in [3.05, 3.63) is 65.5 Å².